The van der Waals surface area contributed by atoms with Gasteiger partial charge in [0.2, 0.25) is 0 Å². The molecule has 3 heterocycles. The number of likely N-dealkylation sites (tertiary alicyclic amines) is 1. The standard InChI is InChI=1S/C19H23N3O3/c1-12-6-7-22(16(9-12)17-5-4-14(3)25-17)19(24)18(23)21-15-8-13(2)10-20-11-15/h4-5,8,10-12,16H,6-7,9H2,1-3H3,(H,21,23)/t12-,16-/m0/s1. The van der Waals surface area contributed by atoms with E-state index in [1.165, 1.54) is 6.20 Å². The molecule has 3 rings (SSSR count). The van der Waals surface area contributed by atoms with Crippen LogP contribution in [0.25, 0.3) is 0 Å². The number of carbonyl (C=O) groups is 2. The number of hydrogen-bond donors (Lipinski definition) is 1. The molecule has 0 bridgehead atoms. The molecule has 6 heteroatoms. The Morgan fingerprint density at radius 1 is 1.28 bits per heavy atom. The molecule has 0 unspecified atom stereocenters. The fraction of sp³-hybridized carbons (Fsp3) is 0.421. The van der Waals surface area contributed by atoms with Crippen molar-refractivity contribution < 1.29 is 14.0 Å². The Labute approximate surface area is 147 Å². The average molecular weight is 341 g/mol. The predicted molar refractivity (Wildman–Crippen MR) is 93.9 cm³/mol. The lowest BCUT2D eigenvalue weighted by Crippen LogP contribution is -2.45. The lowest BCUT2D eigenvalue weighted by molar-refractivity contribution is -0.146. The highest BCUT2D eigenvalue weighted by atomic mass is 16.3. The molecule has 2 aromatic heterocycles. The van der Waals surface area contributed by atoms with Crippen LogP contribution in [0.4, 0.5) is 5.69 Å². The summed E-state index contributed by atoms with van der Waals surface area (Å²) >= 11 is 0. The summed E-state index contributed by atoms with van der Waals surface area (Å²) in [7, 11) is 0. The molecule has 0 radical (unpaired) electrons. The van der Waals surface area contributed by atoms with Gasteiger partial charge in [-0.1, -0.05) is 6.92 Å². The number of hydrogen-bond acceptors (Lipinski definition) is 4. The van der Waals surface area contributed by atoms with Crippen LogP contribution < -0.4 is 5.32 Å². The number of nitrogens with zero attached hydrogens (tertiary/aromatic N) is 2. The van der Waals surface area contributed by atoms with Crippen LogP contribution in [-0.2, 0) is 9.59 Å². The number of anilines is 1. The Morgan fingerprint density at radius 2 is 2.08 bits per heavy atom. The summed E-state index contributed by atoms with van der Waals surface area (Å²) in [6.45, 7) is 6.46. The second kappa shape index (κ2) is 7.09. The fourth-order valence-corrected chi connectivity index (χ4v) is 3.23. The maximum atomic E-state index is 12.7. The van der Waals surface area contributed by atoms with Crippen LogP contribution in [0.5, 0.6) is 0 Å². The Bertz CT molecular complexity index is 784. The van der Waals surface area contributed by atoms with E-state index in [1.807, 2.05) is 26.0 Å². The molecule has 0 spiro atoms. The maximum absolute atomic E-state index is 12.7. The van der Waals surface area contributed by atoms with Crippen molar-refractivity contribution in [2.24, 2.45) is 5.92 Å². The molecule has 0 aromatic carbocycles. The van der Waals surface area contributed by atoms with Crippen molar-refractivity contribution in [3.8, 4) is 0 Å². The zero-order valence-corrected chi connectivity index (χ0v) is 14.8. The van der Waals surface area contributed by atoms with Crippen molar-refractivity contribution in [1.29, 1.82) is 0 Å². The zero-order chi connectivity index (χ0) is 18.0. The summed E-state index contributed by atoms with van der Waals surface area (Å²) < 4.78 is 5.73. The molecule has 1 N–H and O–H groups in total. The third-order valence-corrected chi connectivity index (χ3v) is 4.54. The molecule has 6 nitrogen and oxygen atoms in total. The lowest BCUT2D eigenvalue weighted by atomic mass is 9.91. The summed E-state index contributed by atoms with van der Waals surface area (Å²) in [6.07, 6.45) is 4.89. The van der Waals surface area contributed by atoms with Gasteiger partial charge in [-0.05, 0) is 56.4 Å². The second-order valence-corrected chi connectivity index (χ2v) is 6.80. The number of nitrogens with one attached hydrogen (secondary N) is 1. The van der Waals surface area contributed by atoms with Crippen LogP contribution in [0, 0.1) is 19.8 Å². The van der Waals surface area contributed by atoms with Gasteiger partial charge in [-0.25, -0.2) is 0 Å². The first kappa shape index (κ1) is 17.2. The van der Waals surface area contributed by atoms with Crippen LogP contribution >= 0.6 is 0 Å². The monoisotopic (exact) mass is 341 g/mol. The molecule has 1 aliphatic heterocycles. The summed E-state index contributed by atoms with van der Waals surface area (Å²) in [4.78, 5) is 30.8. The van der Waals surface area contributed by atoms with Crippen molar-refractivity contribution in [3.63, 3.8) is 0 Å². The van der Waals surface area contributed by atoms with Gasteiger partial charge in [-0.15, -0.1) is 0 Å². The third kappa shape index (κ3) is 3.90. The maximum Gasteiger partial charge on any atom is 0.313 e. The Balaban J connectivity index is 1.77. The number of rotatable bonds is 2. The number of aromatic nitrogens is 1. The van der Waals surface area contributed by atoms with Gasteiger partial charge < -0.3 is 14.6 Å². The fourth-order valence-electron chi connectivity index (χ4n) is 3.23. The van der Waals surface area contributed by atoms with E-state index >= 15 is 0 Å². The van der Waals surface area contributed by atoms with Gasteiger partial charge in [-0.2, -0.15) is 0 Å². The van der Waals surface area contributed by atoms with Crippen molar-refractivity contribution in [3.05, 3.63) is 47.7 Å². The van der Waals surface area contributed by atoms with Crippen LogP contribution in [0.3, 0.4) is 0 Å². The van der Waals surface area contributed by atoms with Gasteiger partial charge in [-0.3, -0.25) is 14.6 Å². The van der Waals surface area contributed by atoms with E-state index in [0.29, 0.717) is 18.2 Å². The number of piperidine rings is 1. The van der Waals surface area contributed by atoms with Crippen LogP contribution in [0.1, 0.15) is 42.9 Å². The quantitative estimate of drug-likeness (QED) is 0.851. The summed E-state index contributed by atoms with van der Waals surface area (Å²) in [5.74, 6) is 0.838. The highest BCUT2D eigenvalue weighted by Crippen LogP contribution is 2.35. The smallest absolute Gasteiger partial charge is 0.313 e. The van der Waals surface area contributed by atoms with Gasteiger partial charge >= 0.3 is 11.8 Å². The first-order valence-electron chi connectivity index (χ1n) is 8.54. The number of furan rings is 1. The van der Waals surface area contributed by atoms with Crippen molar-refractivity contribution in [2.45, 2.75) is 39.7 Å². The van der Waals surface area contributed by atoms with E-state index in [1.54, 1.807) is 17.2 Å². The van der Waals surface area contributed by atoms with Gasteiger partial charge in [0, 0.05) is 12.7 Å². The summed E-state index contributed by atoms with van der Waals surface area (Å²) in [5.41, 5.74) is 1.44. The Morgan fingerprint density at radius 3 is 2.76 bits per heavy atom. The highest BCUT2D eigenvalue weighted by Gasteiger charge is 2.35. The number of pyridine rings is 1. The minimum Gasteiger partial charge on any atom is -0.464 e. The van der Waals surface area contributed by atoms with E-state index in [0.717, 1.165) is 29.9 Å². The molecular weight excluding hydrogens is 318 g/mol. The predicted octanol–water partition coefficient (Wildman–Crippen LogP) is 3.23. The van der Waals surface area contributed by atoms with Gasteiger partial charge in [0.25, 0.3) is 0 Å². The van der Waals surface area contributed by atoms with Crippen molar-refractivity contribution in [1.82, 2.24) is 9.88 Å². The number of carbonyl (C=O) groups excluding carboxylic acids is 2. The van der Waals surface area contributed by atoms with Gasteiger partial charge in [0.1, 0.15) is 11.5 Å². The molecule has 2 aromatic rings. The van der Waals surface area contributed by atoms with Gasteiger partial charge in [0.15, 0.2) is 0 Å². The SMILES string of the molecule is Cc1cncc(NC(=O)C(=O)N2CC[C@H](C)C[C@H]2c2ccc(C)o2)c1. The lowest BCUT2D eigenvalue weighted by Gasteiger charge is -2.36. The summed E-state index contributed by atoms with van der Waals surface area (Å²) in [6, 6.07) is 5.35. The Hall–Kier alpha value is -2.63. The normalized spacial score (nSPS) is 20.4. The van der Waals surface area contributed by atoms with E-state index < -0.39 is 11.8 Å². The molecule has 0 saturated carbocycles. The number of aryl methyl sites for hydroxylation is 2. The molecule has 2 amide bonds. The third-order valence-electron chi connectivity index (χ3n) is 4.54. The van der Waals surface area contributed by atoms with Crippen molar-refractivity contribution in [2.75, 3.05) is 11.9 Å². The minimum atomic E-state index is -0.643. The zero-order valence-electron chi connectivity index (χ0n) is 14.8. The highest BCUT2D eigenvalue weighted by molar-refractivity contribution is 6.39. The molecule has 25 heavy (non-hydrogen) atoms. The molecular formula is C19H23N3O3. The van der Waals surface area contributed by atoms with Crippen molar-refractivity contribution >= 4 is 17.5 Å². The first-order valence-corrected chi connectivity index (χ1v) is 8.54. The van der Waals surface area contributed by atoms with E-state index in [2.05, 4.69) is 17.2 Å². The molecule has 2 atom stereocenters. The van der Waals surface area contributed by atoms with Crippen LogP contribution in [0.2, 0.25) is 0 Å². The molecule has 1 aliphatic rings. The molecule has 1 fully saturated rings. The first-order chi connectivity index (χ1) is 11.9. The average Bonchev–Trinajstić information content (AvgIpc) is 3.00. The Kier molecular flexibility index (Phi) is 4.88. The second-order valence-electron chi connectivity index (χ2n) is 6.80. The van der Waals surface area contributed by atoms with Crippen LogP contribution in [-0.4, -0.2) is 28.2 Å². The van der Waals surface area contributed by atoms with Gasteiger partial charge in [0.05, 0.1) is 17.9 Å². The van der Waals surface area contributed by atoms with E-state index in [9.17, 15) is 9.59 Å². The molecule has 1 saturated heterocycles. The minimum absolute atomic E-state index is 0.202. The largest absolute Gasteiger partial charge is 0.464 e. The topological polar surface area (TPSA) is 75.4 Å². The van der Waals surface area contributed by atoms with Crippen LogP contribution in [0.15, 0.2) is 35.0 Å². The molecule has 0 aliphatic carbocycles. The summed E-state index contributed by atoms with van der Waals surface area (Å²) in [5, 5.41) is 2.64. The van der Waals surface area contributed by atoms with E-state index in [-0.39, 0.29) is 6.04 Å². The van der Waals surface area contributed by atoms with E-state index in [4.69, 9.17) is 4.42 Å². The number of amides is 2. The molecule has 132 valence electrons.